The molecular weight excluding hydrogens is 473 g/mol. The van der Waals surface area contributed by atoms with E-state index in [4.69, 9.17) is 9.47 Å². The van der Waals surface area contributed by atoms with E-state index < -0.39 is 17.7 Å². The summed E-state index contributed by atoms with van der Waals surface area (Å²) in [5.41, 5.74) is 1.28. The van der Waals surface area contributed by atoms with Crippen LogP contribution in [0.4, 0.5) is 0 Å². The first-order valence-corrected chi connectivity index (χ1v) is 9.73. The number of ether oxygens (including phenoxy) is 2. The Morgan fingerprint density at radius 3 is 2.29 bits per heavy atom. The minimum absolute atomic E-state index is 0.0764. The van der Waals surface area contributed by atoms with Gasteiger partial charge in [-0.1, -0.05) is 12.1 Å². The SMILES string of the molecule is COCCN1C(=O)C(=O)/C(=C(/O)c2ccc(OC)cc2)[C@H]1c1ccc(I)cc1. The zero-order valence-electron chi connectivity index (χ0n) is 15.5. The Morgan fingerprint density at radius 2 is 1.71 bits per heavy atom. The van der Waals surface area contributed by atoms with Crippen LogP contribution in [0.15, 0.2) is 54.1 Å². The maximum Gasteiger partial charge on any atom is 0.295 e. The first kappa shape index (κ1) is 20.3. The number of benzene rings is 2. The Hall–Kier alpha value is -2.39. The predicted octanol–water partition coefficient (Wildman–Crippen LogP) is 3.37. The van der Waals surface area contributed by atoms with Gasteiger partial charge in [-0.05, 0) is 64.6 Å². The Bertz CT molecular complexity index is 905. The van der Waals surface area contributed by atoms with Gasteiger partial charge in [-0.15, -0.1) is 0 Å². The lowest BCUT2D eigenvalue weighted by molar-refractivity contribution is -0.140. The van der Waals surface area contributed by atoms with Gasteiger partial charge in [0, 0.05) is 22.8 Å². The van der Waals surface area contributed by atoms with Gasteiger partial charge in [0.2, 0.25) is 0 Å². The molecule has 1 fully saturated rings. The lowest BCUT2D eigenvalue weighted by Crippen LogP contribution is -2.32. The fraction of sp³-hybridized carbons (Fsp3) is 0.238. The minimum Gasteiger partial charge on any atom is -0.507 e. The third-order valence-corrected chi connectivity index (χ3v) is 5.34. The Kier molecular flexibility index (Phi) is 6.35. The number of Topliss-reactive ketones (excluding diaryl/α,β-unsaturated/α-hetero) is 1. The molecule has 3 rings (SSSR count). The number of methoxy groups -OCH3 is 2. The van der Waals surface area contributed by atoms with Gasteiger partial charge in [0.05, 0.1) is 25.3 Å². The molecule has 146 valence electrons. The summed E-state index contributed by atoms with van der Waals surface area (Å²) in [6, 6.07) is 13.5. The number of aliphatic hydroxyl groups is 1. The highest BCUT2D eigenvalue weighted by molar-refractivity contribution is 14.1. The van der Waals surface area contributed by atoms with Gasteiger partial charge in [-0.2, -0.15) is 0 Å². The molecule has 2 aromatic carbocycles. The molecule has 0 aromatic heterocycles. The summed E-state index contributed by atoms with van der Waals surface area (Å²) in [5, 5.41) is 10.9. The van der Waals surface area contributed by atoms with Crippen LogP contribution in [0.5, 0.6) is 5.75 Å². The number of hydrogen-bond acceptors (Lipinski definition) is 5. The van der Waals surface area contributed by atoms with Crippen LogP contribution in [0.3, 0.4) is 0 Å². The van der Waals surface area contributed by atoms with Crippen LogP contribution in [0.25, 0.3) is 5.76 Å². The molecule has 0 radical (unpaired) electrons. The number of aliphatic hydroxyl groups excluding tert-OH is 1. The van der Waals surface area contributed by atoms with Crippen LogP contribution in [0.1, 0.15) is 17.2 Å². The maximum atomic E-state index is 12.8. The second kappa shape index (κ2) is 8.74. The summed E-state index contributed by atoms with van der Waals surface area (Å²) in [5.74, 6) is -0.917. The van der Waals surface area contributed by atoms with Crippen molar-refractivity contribution in [2.24, 2.45) is 0 Å². The zero-order chi connectivity index (χ0) is 20.3. The van der Waals surface area contributed by atoms with Crippen LogP contribution in [0.2, 0.25) is 0 Å². The normalized spacial score (nSPS) is 18.5. The quantitative estimate of drug-likeness (QED) is 0.289. The molecular formula is C21H20INO5. The lowest BCUT2D eigenvalue weighted by Gasteiger charge is -2.25. The number of carbonyl (C=O) groups excluding carboxylic acids is 2. The number of hydrogen-bond donors (Lipinski definition) is 1. The third kappa shape index (κ3) is 3.90. The molecule has 1 aliphatic rings. The van der Waals surface area contributed by atoms with E-state index in [1.165, 1.54) is 12.0 Å². The van der Waals surface area contributed by atoms with Crippen molar-refractivity contribution in [2.45, 2.75) is 6.04 Å². The third-order valence-electron chi connectivity index (χ3n) is 4.63. The number of nitrogens with zero attached hydrogens (tertiary/aromatic N) is 1. The molecule has 1 N–H and O–H groups in total. The Labute approximate surface area is 176 Å². The largest absolute Gasteiger partial charge is 0.507 e. The number of ketones is 1. The molecule has 1 aliphatic heterocycles. The highest BCUT2D eigenvalue weighted by Gasteiger charge is 2.45. The van der Waals surface area contributed by atoms with Gasteiger partial charge in [0.25, 0.3) is 11.7 Å². The van der Waals surface area contributed by atoms with Gasteiger partial charge >= 0.3 is 0 Å². The average molecular weight is 493 g/mol. The number of carbonyl (C=O) groups is 2. The molecule has 28 heavy (non-hydrogen) atoms. The monoisotopic (exact) mass is 493 g/mol. The van der Waals surface area contributed by atoms with Gasteiger partial charge in [-0.25, -0.2) is 0 Å². The summed E-state index contributed by atoms with van der Waals surface area (Å²) < 4.78 is 11.3. The number of likely N-dealkylation sites (tertiary alicyclic amines) is 1. The molecule has 0 bridgehead atoms. The van der Waals surface area contributed by atoms with Crippen molar-refractivity contribution >= 4 is 40.0 Å². The summed E-state index contributed by atoms with van der Waals surface area (Å²) >= 11 is 2.19. The summed E-state index contributed by atoms with van der Waals surface area (Å²) in [6.45, 7) is 0.535. The van der Waals surface area contributed by atoms with Gasteiger partial charge in [-0.3, -0.25) is 9.59 Å². The van der Waals surface area contributed by atoms with E-state index >= 15 is 0 Å². The Balaban J connectivity index is 2.12. The van der Waals surface area contributed by atoms with E-state index in [1.807, 2.05) is 24.3 Å². The van der Waals surface area contributed by atoms with E-state index in [0.29, 0.717) is 11.3 Å². The smallest absolute Gasteiger partial charge is 0.295 e. The van der Waals surface area contributed by atoms with Crippen molar-refractivity contribution < 1.29 is 24.2 Å². The first-order chi connectivity index (χ1) is 13.5. The molecule has 7 heteroatoms. The van der Waals surface area contributed by atoms with Crippen LogP contribution in [-0.2, 0) is 14.3 Å². The number of amides is 1. The summed E-state index contributed by atoms with van der Waals surface area (Å²) in [6.07, 6.45) is 0. The van der Waals surface area contributed by atoms with Crippen molar-refractivity contribution in [3.63, 3.8) is 0 Å². The van der Waals surface area contributed by atoms with Crippen LogP contribution >= 0.6 is 22.6 Å². The average Bonchev–Trinajstić information content (AvgIpc) is 2.97. The molecule has 1 amide bonds. The first-order valence-electron chi connectivity index (χ1n) is 8.65. The molecule has 0 spiro atoms. The second-order valence-electron chi connectivity index (χ2n) is 6.27. The Morgan fingerprint density at radius 1 is 1.07 bits per heavy atom. The lowest BCUT2D eigenvalue weighted by atomic mass is 9.95. The van der Waals surface area contributed by atoms with E-state index in [-0.39, 0.29) is 24.5 Å². The minimum atomic E-state index is -0.701. The van der Waals surface area contributed by atoms with Gasteiger partial charge in [0.15, 0.2) is 0 Å². The fourth-order valence-corrected chi connectivity index (χ4v) is 3.56. The highest BCUT2D eigenvalue weighted by atomic mass is 127. The molecule has 0 saturated carbocycles. The van der Waals surface area contributed by atoms with Gasteiger partial charge in [0.1, 0.15) is 11.5 Å². The van der Waals surface area contributed by atoms with Crippen LogP contribution in [0, 0.1) is 3.57 Å². The van der Waals surface area contributed by atoms with Crippen molar-refractivity contribution in [3.8, 4) is 5.75 Å². The topological polar surface area (TPSA) is 76.1 Å². The number of halogens is 1. The van der Waals surface area contributed by atoms with Crippen molar-refractivity contribution in [3.05, 3.63) is 68.8 Å². The highest BCUT2D eigenvalue weighted by Crippen LogP contribution is 2.39. The van der Waals surface area contributed by atoms with E-state index in [9.17, 15) is 14.7 Å². The van der Waals surface area contributed by atoms with Crippen molar-refractivity contribution in [1.82, 2.24) is 4.90 Å². The summed E-state index contributed by atoms with van der Waals surface area (Å²) in [4.78, 5) is 26.9. The maximum absolute atomic E-state index is 12.8. The zero-order valence-corrected chi connectivity index (χ0v) is 17.7. The van der Waals surface area contributed by atoms with Gasteiger partial charge < -0.3 is 19.5 Å². The second-order valence-corrected chi connectivity index (χ2v) is 7.51. The standard InChI is InChI=1S/C21H20INO5/c1-27-12-11-23-18(13-3-7-15(22)8-4-13)17(20(25)21(23)26)19(24)14-5-9-16(28-2)10-6-14/h3-10,18,24H,11-12H2,1-2H3/b19-17+/t18-/m1/s1. The van der Waals surface area contributed by atoms with E-state index in [0.717, 1.165) is 9.13 Å². The van der Waals surface area contributed by atoms with Crippen molar-refractivity contribution in [2.75, 3.05) is 27.4 Å². The molecule has 1 heterocycles. The van der Waals surface area contributed by atoms with Crippen LogP contribution < -0.4 is 4.74 Å². The number of rotatable bonds is 6. The molecule has 1 saturated heterocycles. The molecule has 0 unspecified atom stereocenters. The summed E-state index contributed by atoms with van der Waals surface area (Å²) in [7, 11) is 3.08. The van der Waals surface area contributed by atoms with Crippen molar-refractivity contribution in [1.29, 1.82) is 0 Å². The predicted molar refractivity (Wildman–Crippen MR) is 113 cm³/mol. The van der Waals surface area contributed by atoms with E-state index in [2.05, 4.69) is 22.6 Å². The molecule has 2 aromatic rings. The fourth-order valence-electron chi connectivity index (χ4n) is 3.20. The van der Waals surface area contributed by atoms with E-state index in [1.54, 1.807) is 31.4 Å². The van der Waals surface area contributed by atoms with Crippen LogP contribution in [-0.4, -0.2) is 49.1 Å². The molecule has 6 nitrogen and oxygen atoms in total. The molecule has 0 aliphatic carbocycles. The molecule has 1 atom stereocenters.